The van der Waals surface area contributed by atoms with Gasteiger partial charge in [0.1, 0.15) is 6.10 Å². The van der Waals surface area contributed by atoms with E-state index in [4.69, 9.17) is 37.4 Å². The number of nitrogens with one attached hydrogen (secondary N) is 1. The van der Waals surface area contributed by atoms with Gasteiger partial charge in [-0.3, -0.25) is 4.79 Å². The molecule has 1 unspecified atom stereocenters. The van der Waals surface area contributed by atoms with E-state index in [1.165, 1.54) is 0 Å². The van der Waals surface area contributed by atoms with E-state index in [1.54, 1.807) is 20.8 Å². The first-order valence-electron chi connectivity index (χ1n) is 9.04. The molecule has 0 amide bonds. The van der Waals surface area contributed by atoms with Crippen LogP contribution in [-0.2, 0) is 27.1 Å². The zero-order chi connectivity index (χ0) is 21.2. The Hall–Kier alpha value is -2.32. The number of ether oxygens (including phenoxy) is 3. The van der Waals surface area contributed by atoms with Crippen LogP contribution in [0.4, 0.5) is 0 Å². The molecule has 0 radical (unpaired) electrons. The minimum absolute atomic E-state index is 0.0330. The SMILES string of the molecule is CC(C)(C)C(=O)OCOC(=O)c1[nH]nnc1OC1CCc2cc(Cl)c(Cl)cc2C1. The van der Waals surface area contributed by atoms with E-state index in [0.29, 0.717) is 16.5 Å². The summed E-state index contributed by atoms with van der Waals surface area (Å²) in [5, 5.41) is 10.9. The molecule has 1 atom stereocenters. The maximum atomic E-state index is 12.2. The number of carbonyl (C=O) groups excluding carboxylic acids is 2. The fourth-order valence-corrected chi connectivity index (χ4v) is 3.21. The molecular weight excluding hydrogens is 421 g/mol. The molecule has 1 N–H and O–H groups in total. The summed E-state index contributed by atoms with van der Waals surface area (Å²) in [5.41, 5.74) is 1.43. The van der Waals surface area contributed by atoms with E-state index in [2.05, 4.69) is 15.4 Å². The monoisotopic (exact) mass is 441 g/mol. The van der Waals surface area contributed by atoms with Gasteiger partial charge in [-0.15, -0.1) is 0 Å². The van der Waals surface area contributed by atoms with Crippen LogP contribution in [0.1, 0.15) is 48.8 Å². The summed E-state index contributed by atoms with van der Waals surface area (Å²) < 4.78 is 15.8. The quantitative estimate of drug-likeness (QED) is 0.556. The Morgan fingerprint density at radius 1 is 1.17 bits per heavy atom. The first-order valence-corrected chi connectivity index (χ1v) is 9.79. The summed E-state index contributed by atoms with van der Waals surface area (Å²) in [6.45, 7) is 4.59. The number of aromatic nitrogens is 3. The summed E-state index contributed by atoms with van der Waals surface area (Å²) in [4.78, 5) is 24.0. The maximum absolute atomic E-state index is 12.2. The van der Waals surface area contributed by atoms with Crippen molar-refractivity contribution < 1.29 is 23.8 Å². The van der Waals surface area contributed by atoms with Crippen molar-refractivity contribution in [2.24, 2.45) is 5.41 Å². The van der Waals surface area contributed by atoms with E-state index < -0.39 is 24.1 Å². The number of hydrogen-bond acceptors (Lipinski definition) is 7. The number of carbonyl (C=O) groups is 2. The third-order valence-electron chi connectivity index (χ3n) is 4.42. The Balaban J connectivity index is 1.59. The third-order valence-corrected chi connectivity index (χ3v) is 5.14. The maximum Gasteiger partial charge on any atom is 0.364 e. The predicted molar refractivity (Wildman–Crippen MR) is 105 cm³/mol. The molecule has 0 saturated heterocycles. The molecule has 0 fully saturated rings. The molecule has 1 aromatic carbocycles. The van der Waals surface area contributed by atoms with Crippen molar-refractivity contribution in [1.82, 2.24) is 15.4 Å². The number of aromatic amines is 1. The molecule has 10 heteroatoms. The van der Waals surface area contributed by atoms with Crippen molar-refractivity contribution in [1.29, 1.82) is 0 Å². The molecule has 1 aliphatic carbocycles. The molecule has 0 spiro atoms. The first-order chi connectivity index (χ1) is 13.6. The van der Waals surface area contributed by atoms with Gasteiger partial charge in [-0.2, -0.15) is 0 Å². The average Bonchev–Trinajstić information content (AvgIpc) is 3.10. The zero-order valence-corrected chi connectivity index (χ0v) is 17.8. The number of H-pyrrole nitrogens is 1. The number of fused-ring (bicyclic) bond motifs is 1. The largest absolute Gasteiger partial charge is 0.471 e. The lowest BCUT2D eigenvalue weighted by atomic mass is 9.90. The topological polar surface area (TPSA) is 103 Å². The first kappa shape index (κ1) is 21.4. The van der Waals surface area contributed by atoms with Crippen molar-refractivity contribution in [2.45, 2.75) is 46.1 Å². The van der Waals surface area contributed by atoms with Crippen LogP contribution < -0.4 is 4.74 Å². The van der Waals surface area contributed by atoms with Crippen molar-refractivity contribution >= 4 is 35.1 Å². The second-order valence-electron chi connectivity index (χ2n) is 7.74. The number of esters is 2. The summed E-state index contributed by atoms with van der Waals surface area (Å²) in [5.74, 6) is -1.23. The van der Waals surface area contributed by atoms with Crippen LogP contribution in [0.15, 0.2) is 12.1 Å². The highest BCUT2D eigenvalue weighted by atomic mass is 35.5. The molecule has 0 bridgehead atoms. The molecule has 0 saturated carbocycles. The van der Waals surface area contributed by atoms with Gasteiger partial charge in [0.25, 0.3) is 5.88 Å². The van der Waals surface area contributed by atoms with Crippen LogP contribution in [0.25, 0.3) is 0 Å². The highest BCUT2D eigenvalue weighted by molar-refractivity contribution is 6.42. The lowest BCUT2D eigenvalue weighted by Crippen LogP contribution is -2.27. The zero-order valence-electron chi connectivity index (χ0n) is 16.3. The minimum atomic E-state index is -0.780. The highest BCUT2D eigenvalue weighted by Crippen LogP contribution is 2.32. The van der Waals surface area contributed by atoms with Gasteiger partial charge in [-0.1, -0.05) is 33.5 Å². The Kier molecular flexibility index (Phi) is 6.33. The van der Waals surface area contributed by atoms with Gasteiger partial charge < -0.3 is 14.2 Å². The van der Waals surface area contributed by atoms with E-state index in [1.807, 2.05) is 12.1 Å². The van der Waals surface area contributed by atoms with Crippen molar-refractivity contribution in [3.63, 3.8) is 0 Å². The van der Waals surface area contributed by atoms with Crippen LogP contribution in [0.2, 0.25) is 10.0 Å². The van der Waals surface area contributed by atoms with Crippen LogP contribution in [0.5, 0.6) is 5.88 Å². The normalized spacial score (nSPS) is 16.1. The van der Waals surface area contributed by atoms with Gasteiger partial charge in [-0.05, 0) is 56.9 Å². The molecular formula is C19H21Cl2N3O5. The van der Waals surface area contributed by atoms with Crippen LogP contribution >= 0.6 is 23.2 Å². The Bertz CT molecular complexity index is 923. The lowest BCUT2D eigenvalue weighted by molar-refractivity contribution is -0.161. The number of benzene rings is 1. The van der Waals surface area contributed by atoms with Crippen molar-refractivity contribution in [3.8, 4) is 5.88 Å². The van der Waals surface area contributed by atoms with E-state index in [0.717, 1.165) is 24.0 Å². The van der Waals surface area contributed by atoms with E-state index in [9.17, 15) is 9.59 Å². The fourth-order valence-electron chi connectivity index (χ4n) is 2.83. The van der Waals surface area contributed by atoms with Gasteiger partial charge in [0.2, 0.25) is 12.5 Å². The van der Waals surface area contributed by atoms with Gasteiger partial charge >= 0.3 is 11.9 Å². The molecule has 1 aromatic heterocycles. The summed E-state index contributed by atoms with van der Waals surface area (Å²) in [7, 11) is 0. The average molecular weight is 442 g/mol. The Morgan fingerprint density at radius 3 is 2.55 bits per heavy atom. The van der Waals surface area contributed by atoms with Crippen molar-refractivity contribution in [3.05, 3.63) is 39.0 Å². The lowest BCUT2D eigenvalue weighted by Gasteiger charge is -2.25. The molecule has 8 nitrogen and oxygen atoms in total. The smallest absolute Gasteiger partial charge is 0.364 e. The number of hydrogen-bond donors (Lipinski definition) is 1. The summed E-state index contributed by atoms with van der Waals surface area (Å²) >= 11 is 12.2. The van der Waals surface area contributed by atoms with Crippen LogP contribution in [0.3, 0.4) is 0 Å². The predicted octanol–water partition coefficient (Wildman–Crippen LogP) is 3.75. The van der Waals surface area contributed by atoms with Gasteiger partial charge in [0.15, 0.2) is 0 Å². The summed E-state index contributed by atoms with van der Waals surface area (Å²) in [6, 6.07) is 3.70. The molecule has 29 heavy (non-hydrogen) atoms. The van der Waals surface area contributed by atoms with Crippen molar-refractivity contribution in [2.75, 3.05) is 6.79 Å². The van der Waals surface area contributed by atoms with Gasteiger partial charge in [0.05, 0.1) is 15.5 Å². The van der Waals surface area contributed by atoms with E-state index >= 15 is 0 Å². The third kappa shape index (κ3) is 5.19. The highest BCUT2D eigenvalue weighted by Gasteiger charge is 2.27. The molecule has 1 aliphatic rings. The number of nitrogens with zero attached hydrogens (tertiary/aromatic N) is 2. The second kappa shape index (κ2) is 8.59. The standard InChI is InChI=1S/C19H21Cl2N3O5/c1-19(2,3)18(26)28-9-27-17(25)15-16(23-24-22-15)29-12-5-4-10-7-13(20)14(21)8-11(10)6-12/h7-8,12H,4-6,9H2,1-3H3,(H,22,23,24). The molecule has 2 aromatic rings. The van der Waals surface area contributed by atoms with E-state index in [-0.39, 0.29) is 17.7 Å². The molecule has 3 rings (SSSR count). The Labute approximate surface area is 177 Å². The molecule has 156 valence electrons. The molecule has 0 aliphatic heterocycles. The number of halogens is 2. The molecule has 1 heterocycles. The van der Waals surface area contributed by atoms with Gasteiger partial charge in [0, 0.05) is 6.42 Å². The fraction of sp³-hybridized carbons (Fsp3) is 0.474. The van der Waals surface area contributed by atoms with Crippen LogP contribution in [0, 0.1) is 5.41 Å². The minimum Gasteiger partial charge on any atom is -0.471 e. The van der Waals surface area contributed by atoms with Crippen LogP contribution in [-0.4, -0.2) is 40.2 Å². The van der Waals surface area contributed by atoms with Gasteiger partial charge in [-0.25, -0.2) is 9.89 Å². The summed E-state index contributed by atoms with van der Waals surface area (Å²) in [6.07, 6.45) is 1.86. The number of aryl methyl sites for hydroxylation is 1. The number of rotatable bonds is 5. The Morgan fingerprint density at radius 2 is 1.86 bits per heavy atom. The second-order valence-corrected chi connectivity index (χ2v) is 8.56.